The zero-order valence-corrected chi connectivity index (χ0v) is 14.7. The number of nitrogens with one attached hydrogen (secondary N) is 1. The molecule has 1 aromatic heterocycles. The number of nitrogens with zero attached hydrogens (tertiary/aromatic N) is 3. The van der Waals surface area contributed by atoms with Crippen LogP contribution in [0.2, 0.25) is 0 Å². The molecule has 1 amide bonds. The van der Waals surface area contributed by atoms with Crippen LogP contribution in [0, 0.1) is 18.7 Å². The second-order valence-corrected chi connectivity index (χ2v) is 6.85. The molecule has 0 spiro atoms. The Kier molecular flexibility index (Phi) is 5.79. The van der Waals surface area contributed by atoms with E-state index in [0.29, 0.717) is 24.6 Å². The van der Waals surface area contributed by atoms with Crippen molar-refractivity contribution in [2.24, 2.45) is 5.92 Å². The molecule has 1 aliphatic rings. The number of amides is 1. The molecule has 2 heterocycles. The number of rotatable bonds is 6. The van der Waals surface area contributed by atoms with Crippen LogP contribution in [0.5, 0.6) is 0 Å². The minimum Gasteiger partial charge on any atom is -0.342 e. The Hall–Kier alpha value is -2.24. The summed E-state index contributed by atoms with van der Waals surface area (Å²) in [4.78, 5) is 18.7. The Labute approximate surface area is 147 Å². The predicted molar refractivity (Wildman–Crippen MR) is 93.5 cm³/mol. The Morgan fingerprint density at radius 2 is 2.12 bits per heavy atom. The smallest absolute Gasteiger partial charge is 0.223 e. The van der Waals surface area contributed by atoms with Crippen LogP contribution in [-0.2, 0) is 17.6 Å². The van der Waals surface area contributed by atoms with Gasteiger partial charge in [-0.3, -0.25) is 9.89 Å². The minimum atomic E-state index is -0.195. The highest BCUT2D eigenvalue weighted by Crippen LogP contribution is 2.22. The van der Waals surface area contributed by atoms with E-state index in [-0.39, 0.29) is 11.7 Å². The Bertz CT molecular complexity index is 698. The lowest BCUT2D eigenvalue weighted by atomic mass is 9.91. The number of halogens is 1. The van der Waals surface area contributed by atoms with Crippen LogP contribution < -0.4 is 0 Å². The van der Waals surface area contributed by atoms with Crippen LogP contribution in [0.25, 0.3) is 0 Å². The molecule has 2 aromatic rings. The summed E-state index contributed by atoms with van der Waals surface area (Å²) in [5.74, 6) is 2.00. The molecule has 0 saturated carbocycles. The summed E-state index contributed by atoms with van der Waals surface area (Å²) < 4.78 is 13.0. The molecular weight excluding hydrogens is 319 g/mol. The van der Waals surface area contributed by atoms with Crippen molar-refractivity contribution in [3.05, 3.63) is 47.3 Å². The second-order valence-electron chi connectivity index (χ2n) is 6.85. The standard InChI is InChI=1S/C19H25FN4O/c1-14-21-18(23-22-14)10-11-19(25)24-12-2-3-16(13-24)5-4-15-6-8-17(20)9-7-15/h6-9,16H,2-5,10-13H2,1H3,(H,21,22,23)/t16-/m1/s1. The number of piperidine rings is 1. The number of carbonyl (C=O) groups is 1. The first-order valence-electron chi connectivity index (χ1n) is 9.00. The van der Waals surface area contributed by atoms with E-state index in [1.54, 1.807) is 0 Å². The summed E-state index contributed by atoms with van der Waals surface area (Å²) in [6, 6.07) is 6.72. The van der Waals surface area contributed by atoms with Crippen molar-refractivity contribution in [2.45, 2.75) is 45.4 Å². The molecule has 0 aliphatic carbocycles. The van der Waals surface area contributed by atoms with Crippen molar-refractivity contribution in [3.63, 3.8) is 0 Å². The maximum absolute atomic E-state index is 13.0. The lowest BCUT2D eigenvalue weighted by Gasteiger charge is -2.33. The van der Waals surface area contributed by atoms with Gasteiger partial charge in [0.25, 0.3) is 0 Å². The Balaban J connectivity index is 1.45. The average molecular weight is 344 g/mol. The van der Waals surface area contributed by atoms with Crippen molar-refractivity contribution >= 4 is 5.91 Å². The molecule has 3 rings (SSSR count). The molecule has 134 valence electrons. The topological polar surface area (TPSA) is 61.9 Å². The van der Waals surface area contributed by atoms with Crippen LogP contribution in [0.4, 0.5) is 4.39 Å². The van der Waals surface area contributed by atoms with Gasteiger partial charge in [-0.1, -0.05) is 12.1 Å². The van der Waals surface area contributed by atoms with Gasteiger partial charge in [0.15, 0.2) is 5.82 Å². The summed E-state index contributed by atoms with van der Waals surface area (Å²) in [6.07, 6.45) is 5.23. The lowest BCUT2D eigenvalue weighted by molar-refractivity contribution is -0.133. The molecular formula is C19H25FN4O. The molecule has 1 aliphatic heterocycles. The molecule has 5 nitrogen and oxygen atoms in total. The summed E-state index contributed by atoms with van der Waals surface area (Å²) in [6.45, 7) is 3.53. The summed E-state index contributed by atoms with van der Waals surface area (Å²) in [5, 5.41) is 6.89. The number of carbonyl (C=O) groups excluding carboxylic acids is 1. The van der Waals surface area contributed by atoms with Gasteiger partial charge >= 0.3 is 0 Å². The number of hydrogen-bond acceptors (Lipinski definition) is 3. The van der Waals surface area contributed by atoms with Gasteiger partial charge in [-0.25, -0.2) is 9.37 Å². The van der Waals surface area contributed by atoms with Crippen molar-refractivity contribution in [2.75, 3.05) is 13.1 Å². The third kappa shape index (κ3) is 5.11. The molecule has 0 unspecified atom stereocenters. The van der Waals surface area contributed by atoms with E-state index in [0.717, 1.165) is 50.2 Å². The zero-order valence-electron chi connectivity index (χ0n) is 14.7. The van der Waals surface area contributed by atoms with E-state index in [4.69, 9.17) is 0 Å². The molecule has 6 heteroatoms. The third-order valence-corrected chi connectivity index (χ3v) is 4.83. The first-order valence-corrected chi connectivity index (χ1v) is 9.00. The fourth-order valence-electron chi connectivity index (χ4n) is 3.43. The maximum Gasteiger partial charge on any atom is 0.223 e. The maximum atomic E-state index is 13.0. The van der Waals surface area contributed by atoms with E-state index in [1.165, 1.54) is 12.1 Å². The number of hydrogen-bond donors (Lipinski definition) is 1. The number of likely N-dealkylation sites (tertiary alicyclic amines) is 1. The Morgan fingerprint density at radius 1 is 1.32 bits per heavy atom. The van der Waals surface area contributed by atoms with Crippen molar-refractivity contribution in [1.29, 1.82) is 0 Å². The van der Waals surface area contributed by atoms with Crippen molar-refractivity contribution in [3.8, 4) is 0 Å². The van der Waals surface area contributed by atoms with Crippen LogP contribution in [0.3, 0.4) is 0 Å². The molecule has 1 aromatic carbocycles. The van der Waals surface area contributed by atoms with Gasteiger partial charge < -0.3 is 4.90 Å². The van der Waals surface area contributed by atoms with Gasteiger partial charge in [-0.05, 0) is 56.2 Å². The molecule has 1 N–H and O–H groups in total. The third-order valence-electron chi connectivity index (χ3n) is 4.83. The summed E-state index contributed by atoms with van der Waals surface area (Å²) in [5.41, 5.74) is 1.16. The van der Waals surface area contributed by atoms with Crippen LogP contribution in [-0.4, -0.2) is 39.1 Å². The van der Waals surface area contributed by atoms with Gasteiger partial charge in [0.05, 0.1) is 0 Å². The largest absolute Gasteiger partial charge is 0.342 e. The number of H-pyrrole nitrogens is 1. The molecule has 1 atom stereocenters. The highest BCUT2D eigenvalue weighted by atomic mass is 19.1. The monoisotopic (exact) mass is 344 g/mol. The Morgan fingerprint density at radius 3 is 2.84 bits per heavy atom. The van der Waals surface area contributed by atoms with Gasteiger partial charge in [-0.15, -0.1) is 0 Å². The summed E-state index contributed by atoms with van der Waals surface area (Å²) >= 11 is 0. The van der Waals surface area contributed by atoms with Crippen LogP contribution >= 0.6 is 0 Å². The van der Waals surface area contributed by atoms with Gasteiger partial charge in [0, 0.05) is 25.9 Å². The van der Waals surface area contributed by atoms with Crippen molar-refractivity contribution in [1.82, 2.24) is 20.1 Å². The highest BCUT2D eigenvalue weighted by Gasteiger charge is 2.23. The normalized spacial score (nSPS) is 17.7. The van der Waals surface area contributed by atoms with Gasteiger partial charge in [-0.2, -0.15) is 5.10 Å². The average Bonchev–Trinajstić information content (AvgIpc) is 3.05. The fraction of sp³-hybridized carbons (Fsp3) is 0.526. The summed E-state index contributed by atoms with van der Waals surface area (Å²) in [7, 11) is 0. The molecule has 1 saturated heterocycles. The number of aromatic amines is 1. The van der Waals surface area contributed by atoms with Gasteiger partial charge in [0.1, 0.15) is 11.6 Å². The van der Waals surface area contributed by atoms with E-state index in [2.05, 4.69) is 15.2 Å². The van der Waals surface area contributed by atoms with E-state index >= 15 is 0 Å². The molecule has 25 heavy (non-hydrogen) atoms. The van der Waals surface area contributed by atoms with E-state index in [9.17, 15) is 9.18 Å². The lowest BCUT2D eigenvalue weighted by Crippen LogP contribution is -2.40. The minimum absolute atomic E-state index is 0.189. The highest BCUT2D eigenvalue weighted by molar-refractivity contribution is 5.76. The predicted octanol–water partition coefficient (Wildman–Crippen LogP) is 3.06. The van der Waals surface area contributed by atoms with Crippen molar-refractivity contribution < 1.29 is 9.18 Å². The number of aryl methyl sites for hydroxylation is 3. The first-order chi connectivity index (χ1) is 12.1. The van der Waals surface area contributed by atoms with Crippen LogP contribution in [0.1, 0.15) is 42.9 Å². The number of benzene rings is 1. The van der Waals surface area contributed by atoms with E-state index < -0.39 is 0 Å². The fourth-order valence-corrected chi connectivity index (χ4v) is 3.43. The van der Waals surface area contributed by atoms with Gasteiger partial charge in [0.2, 0.25) is 5.91 Å². The quantitative estimate of drug-likeness (QED) is 0.876. The molecule has 0 bridgehead atoms. The molecule has 1 fully saturated rings. The number of aromatic nitrogens is 3. The second kappa shape index (κ2) is 8.23. The van der Waals surface area contributed by atoms with E-state index in [1.807, 2.05) is 24.0 Å². The first kappa shape index (κ1) is 17.6. The molecule has 0 radical (unpaired) electrons. The zero-order chi connectivity index (χ0) is 17.6. The SMILES string of the molecule is Cc1nc(CCC(=O)N2CCC[C@H](CCc3ccc(F)cc3)C2)n[nH]1. The van der Waals surface area contributed by atoms with Crippen LogP contribution in [0.15, 0.2) is 24.3 Å².